The Balaban J connectivity index is 1.44. The number of benzene rings is 4. The van der Waals surface area contributed by atoms with Crippen molar-refractivity contribution < 1.29 is 38.0 Å². The number of carbonyl (C=O) groups excluding carboxylic acids is 1. The molecule has 4 aromatic carbocycles. The molecule has 0 saturated carbocycles. The van der Waals surface area contributed by atoms with Crippen LogP contribution in [0.2, 0.25) is 0 Å². The maximum absolute atomic E-state index is 12.8. The summed E-state index contributed by atoms with van der Waals surface area (Å²) in [5, 5.41) is 0. The molecule has 1 fully saturated rings. The molecule has 236 valence electrons. The van der Waals surface area contributed by atoms with Crippen molar-refractivity contribution in [2.75, 3.05) is 20.8 Å². The third-order valence-electron chi connectivity index (χ3n) is 7.62. The van der Waals surface area contributed by atoms with Crippen LogP contribution in [-0.4, -0.2) is 57.5 Å². The lowest BCUT2D eigenvalue weighted by molar-refractivity contribution is -0.324. The van der Waals surface area contributed by atoms with E-state index in [0.29, 0.717) is 25.4 Å². The molecular formula is C37H40O8. The van der Waals surface area contributed by atoms with E-state index in [1.54, 1.807) is 7.11 Å². The van der Waals surface area contributed by atoms with Gasteiger partial charge in [-0.05, 0) is 22.3 Å². The minimum atomic E-state index is -0.952. The van der Waals surface area contributed by atoms with Crippen LogP contribution >= 0.6 is 0 Å². The molecule has 1 unspecified atom stereocenters. The first-order chi connectivity index (χ1) is 22.2. The smallest absolute Gasteiger partial charge is 0.339 e. The van der Waals surface area contributed by atoms with Crippen LogP contribution in [0.3, 0.4) is 0 Å². The van der Waals surface area contributed by atoms with Crippen molar-refractivity contribution in [1.29, 1.82) is 0 Å². The molecule has 1 heterocycles. The second-order valence-electron chi connectivity index (χ2n) is 10.7. The van der Waals surface area contributed by atoms with Crippen molar-refractivity contribution in [3.8, 4) is 0 Å². The molecule has 6 atom stereocenters. The van der Waals surface area contributed by atoms with Gasteiger partial charge >= 0.3 is 5.97 Å². The fourth-order valence-electron chi connectivity index (χ4n) is 5.30. The Bertz CT molecular complexity index is 1400. The van der Waals surface area contributed by atoms with Gasteiger partial charge in [0.1, 0.15) is 24.4 Å². The number of esters is 1. The van der Waals surface area contributed by atoms with E-state index in [4.69, 9.17) is 33.2 Å². The zero-order valence-electron chi connectivity index (χ0n) is 25.6. The van der Waals surface area contributed by atoms with E-state index in [1.807, 2.05) is 121 Å². The van der Waals surface area contributed by atoms with E-state index in [1.165, 1.54) is 7.11 Å². The molecule has 1 saturated heterocycles. The zero-order chi connectivity index (χ0) is 31.3. The molecule has 5 rings (SSSR count). The van der Waals surface area contributed by atoms with Gasteiger partial charge in [0.05, 0.1) is 33.5 Å². The van der Waals surface area contributed by atoms with Gasteiger partial charge in [0.25, 0.3) is 0 Å². The standard InChI is InChI=1S/C37H40O8/c1-39-36(38)32(30-21-13-6-14-22-30)44-26-31-33(41-23-27-15-7-3-8-16-27)34(42-24-28-17-9-4-10-18-28)35(37(40-2)45-31)43-25-29-19-11-5-12-20-29/h3-22,31-35,37H,23-26H2,1-2H3/t31-,32?,33-,34+,35-,37+/m1/s1. The average molecular weight is 613 g/mol. The lowest BCUT2D eigenvalue weighted by atomic mass is 9.97. The maximum Gasteiger partial charge on any atom is 0.339 e. The number of methoxy groups -OCH3 is 2. The Kier molecular flexibility index (Phi) is 12.3. The Morgan fingerprint density at radius 3 is 1.53 bits per heavy atom. The molecule has 1 aliphatic rings. The van der Waals surface area contributed by atoms with Crippen LogP contribution in [0.15, 0.2) is 121 Å². The van der Waals surface area contributed by atoms with E-state index in [2.05, 4.69) is 0 Å². The normalized spacial score (nSPS) is 22.0. The van der Waals surface area contributed by atoms with E-state index in [-0.39, 0.29) is 6.61 Å². The summed E-state index contributed by atoms with van der Waals surface area (Å²) >= 11 is 0. The van der Waals surface area contributed by atoms with Crippen LogP contribution in [-0.2, 0) is 57.8 Å². The van der Waals surface area contributed by atoms with Crippen molar-refractivity contribution in [1.82, 2.24) is 0 Å². The third kappa shape index (κ3) is 9.08. The number of ether oxygens (including phenoxy) is 7. The number of carbonyl (C=O) groups is 1. The predicted octanol–water partition coefficient (Wildman–Crippen LogP) is 6.04. The highest BCUT2D eigenvalue weighted by molar-refractivity contribution is 5.76. The topological polar surface area (TPSA) is 81.7 Å². The molecule has 0 radical (unpaired) electrons. The molecule has 0 aliphatic carbocycles. The van der Waals surface area contributed by atoms with Gasteiger partial charge in [0.2, 0.25) is 0 Å². The summed E-state index contributed by atoms with van der Waals surface area (Å²) in [4.78, 5) is 12.8. The van der Waals surface area contributed by atoms with Gasteiger partial charge in [-0.3, -0.25) is 0 Å². The molecule has 0 amide bonds. The van der Waals surface area contributed by atoms with E-state index in [0.717, 1.165) is 16.7 Å². The van der Waals surface area contributed by atoms with Crippen molar-refractivity contribution in [2.45, 2.75) is 56.6 Å². The van der Waals surface area contributed by atoms with Gasteiger partial charge in [-0.2, -0.15) is 0 Å². The second-order valence-corrected chi connectivity index (χ2v) is 10.7. The summed E-state index contributed by atoms with van der Waals surface area (Å²) in [6.45, 7) is 0.953. The minimum Gasteiger partial charge on any atom is -0.467 e. The summed E-state index contributed by atoms with van der Waals surface area (Å²) < 4.78 is 43.4. The van der Waals surface area contributed by atoms with Gasteiger partial charge in [0, 0.05) is 7.11 Å². The SMILES string of the molecule is COC(=O)C(OC[C@H]1O[C@H](OC)[C@H](OCc2ccccc2)[C@@H](OCc2ccccc2)[C@@H]1OCc1ccccc1)c1ccccc1. The number of hydrogen-bond donors (Lipinski definition) is 0. The lowest BCUT2D eigenvalue weighted by Crippen LogP contribution is -2.61. The molecule has 0 aromatic heterocycles. The summed E-state index contributed by atoms with van der Waals surface area (Å²) in [6.07, 6.45) is -4.32. The molecule has 0 bridgehead atoms. The Morgan fingerprint density at radius 2 is 1.07 bits per heavy atom. The van der Waals surface area contributed by atoms with Crippen molar-refractivity contribution in [3.05, 3.63) is 144 Å². The Labute approximate surface area is 264 Å². The first-order valence-corrected chi connectivity index (χ1v) is 15.1. The van der Waals surface area contributed by atoms with Crippen LogP contribution in [0.4, 0.5) is 0 Å². The number of hydrogen-bond acceptors (Lipinski definition) is 8. The minimum absolute atomic E-state index is 0.00454. The first kappa shape index (κ1) is 32.5. The van der Waals surface area contributed by atoms with Gasteiger partial charge in [-0.1, -0.05) is 121 Å². The quantitative estimate of drug-likeness (QED) is 0.150. The van der Waals surface area contributed by atoms with Gasteiger partial charge in [-0.15, -0.1) is 0 Å². The maximum atomic E-state index is 12.8. The summed E-state index contributed by atoms with van der Waals surface area (Å²) in [5.74, 6) is -0.511. The Morgan fingerprint density at radius 1 is 0.622 bits per heavy atom. The molecule has 0 N–H and O–H groups in total. The van der Waals surface area contributed by atoms with Crippen LogP contribution in [0.1, 0.15) is 28.4 Å². The van der Waals surface area contributed by atoms with Gasteiger partial charge in [-0.25, -0.2) is 4.79 Å². The third-order valence-corrected chi connectivity index (χ3v) is 7.62. The monoisotopic (exact) mass is 612 g/mol. The highest BCUT2D eigenvalue weighted by atomic mass is 16.7. The van der Waals surface area contributed by atoms with E-state index in [9.17, 15) is 4.79 Å². The average Bonchev–Trinajstić information content (AvgIpc) is 3.10. The predicted molar refractivity (Wildman–Crippen MR) is 168 cm³/mol. The first-order valence-electron chi connectivity index (χ1n) is 15.1. The molecule has 0 spiro atoms. The summed E-state index contributed by atoms with van der Waals surface area (Å²) in [5.41, 5.74) is 3.67. The van der Waals surface area contributed by atoms with Gasteiger partial charge in [0.15, 0.2) is 12.4 Å². The van der Waals surface area contributed by atoms with Crippen LogP contribution in [0.25, 0.3) is 0 Å². The van der Waals surface area contributed by atoms with Crippen LogP contribution < -0.4 is 0 Å². The largest absolute Gasteiger partial charge is 0.467 e. The van der Waals surface area contributed by atoms with Gasteiger partial charge < -0.3 is 33.2 Å². The number of rotatable bonds is 15. The molecule has 8 nitrogen and oxygen atoms in total. The molecule has 1 aliphatic heterocycles. The van der Waals surface area contributed by atoms with Crippen LogP contribution in [0.5, 0.6) is 0 Å². The highest BCUT2D eigenvalue weighted by Gasteiger charge is 2.49. The van der Waals surface area contributed by atoms with E-state index < -0.39 is 42.8 Å². The lowest BCUT2D eigenvalue weighted by Gasteiger charge is -2.45. The molecular weight excluding hydrogens is 572 g/mol. The van der Waals surface area contributed by atoms with Crippen LogP contribution in [0, 0.1) is 0 Å². The van der Waals surface area contributed by atoms with Crippen molar-refractivity contribution >= 4 is 5.97 Å². The fraction of sp³-hybridized carbons (Fsp3) is 0.324. The summed E-state index contributed by atoms with van der Waals surface area (Å²) in [6, 6.07) is 38.9. The fourth-order valence-corrected chi connectivity index (χ4v) is 5.30. The Hall–Kier alpha value is -3.89. The highest BCUT2D eigenvalue weighted by Crippen LogP contribution is 2.32. The van der Waals surface area contributed by atoms with Crippen molar-refractivity contribution in [2.24, 2.45) is 0 Å². The molecule has 45 heavy (non-hydrogen) atoms. The molecule has 8 heteroatoms. The van der Waals surface area contributed by atoms with E-state index >= 15 is 0 Å². The zero-order valence-corrected chi connectivity index (χ0v) is 25.6. The van der Waals surface area contributed by atoms with Crippen molar-refractivity contribution in [3.63, 3.8) is 0 Å². The summed E-state index contributed by atoms with van der Waals surface area (Å²) in [7, 11) is 2.91. The second kappa shape index (κ2) is 17.0. The molecule has 4 aromatic rings.